The number of H-pyrrole nitrogens is 2. The molecule has 0 fully saturated rings. The Labute approximate surface area is 137 Å². The third-order valence-electron chi connectivity index (χ3n) is 3.30. The van der Waals surface area contributed by atoms with E-state index >= 15 is 0 Å². The van der Waals surface area contributed by atoms with Crippen molar-refractivity contribution in [2.24, 2.45) is 0 Å². The Morgan fingerprint density at radius 1 is 1.30 bits per heavy atom. The van der Waals surface area contributed by atoms with E-state index in [-0.39, 0.29) is 12.3 Å². The molecule has 0 aliphatic carbocycles. The molecule has 0 spiro atoms. The van der Waals surface area contributed by atoms with Crippen LogP contribution in [0.1, 0.15) is 12.0 Å². The van der Waals surface area contributed by atoms with Crippen LogP contribution < -0.4 is 5.32 Å². The zero-order valence-corrected chi connectivity index (χ0v) is 13.2. The molecule has 0 saturated heterocycles. The molecule has 2 heterocycles. The molecule has 1 aromatic carbocycles. The zero-order valence-electron chi connectivity index (χ0n) is 12.4. The fourth-order valence-corrected chi connectivity index (χ4v) is 2.35. The number of amides is 1. The Morgan fingerprint density at radius 2 is 2.09 bits per heavy atom. The number of hydrogen-bond donors (Lipinski definition) is 3. The topological polar surface area (TPSA) is 104 Å². The molecule has 118 valence electrons. The van der Waals surface area contributed by atoms with Gasteiger partial charge in [0, 0.05) is 18.5 Å². The first-order valence-electron chi connectivity index (χ1n) is 7.01. The van der Waals surface area contributed by atoms with Gasteiger partial charge in [-0.25, -0.2) is 5.10 Å². The predicted molar refractivity (Wildman–Crippen MR) is 87.2 cm³/mol. The van der Waals surface area contributed by atoms with E-state index in [0.29, 0.717) is 23.1 Å². The van der Waals surface area contributed by atoms with Gasteiger partial charge in [-0.15, -0.1) is 0 Å². The summed E-state index contributed by atoms with van der Waals surface area (Å²) >= 11 is 5.25. The van der Waals surface area contributed by atoms with Crippen LogP contribution in [0.2, 0.25) is 0 Å². The van der Waals surface area contributed by atoms with E-state index in [1.807, 2.05) is 31.2 Å². The lowest BCUT2D eigenvalue weighted by Crippen LogP contribution is -2.16. The number of nitrogens with zero attached hydrogens (tertiary/aromatic N) is 4. The molecular weight excluding hydrogens is 314 g/mol. The SMILES string of the molecule is Cc1ccc(-c2n[nH]c(=S)n2CCC(=O)Nc2ncn[nH]2)cc1. The molecule has 0 unspecified atom stereocenters. The molecule has 0 bridgehead atoms. The minimum Gasteiger partial charge on any atom is -0.300 e. The molecule has 0 saturated carbocycles. The molecule has 0 atom stereocenters. The fraction of sp³-hybridized carbons (Fsp3) is 0.214. The number of benzene rings is 1. The van der Waals surface area contributed by atoms with Crippen LogP contribution in [0.5, 0.6) is 0 Å². The number of carbonyl (C=O) groups is 1. The highest BCUT2D eigenvalue weighted by Crippen LogP contribution is 2.18. The maximum Gasteiger partial charge on any atom is 0.228 e. The van der Waals surface area contributed by atoms with Crippen molar-refractivity contribution in [1.29, 1.82) is 0 Å². The summed E-state index contributed by atoms with van der Waals surface area (Å²) in [7, 11) is 0. The van der Waals surface area contributed by atoms with Crippen molar-refractivity contribution >= 4 is 24.1 Å². The Morgan fingerprint density at radius 3 is 2.78 bits per heavy atom. The summed E-state index contributed by atoms with van der Waals surface area (Å²) in [6, 6.07) is 7.97. The number of anilines is 1. The van der Waals surface area contributed by atoms with Crippen LogP contribution >= 0.6 is 12.2 Å². The summed E-state index contributed by atoms with van der Waals surface area (Å²) in [5.74, 6) is 0.853. The summed E-state index contributed by atoms with van der Waals surface area (Å²) in [6.07, 6.45) is 1.57. The highest BCUT2D eigenvalue weighted by atomic mass is 32.1. The molecule has 3 aromatic rings. The Hall–Kier alpha value is -2.81. The average Bonchev–Trinajstić information content (AvgIpc) is 3.16. The van der Waals surface area contributed by atoms with Gasteiger partial charge in [0.1, 0.15) is 6.33 Å². The number of aryl methyl sites for hydroxylation is 1. The van der Waals surface area contributed by atoms with Gasteiger partial charge in [0.05, 0.1) is 0 Å². The van der Waals surface area contributed by atoms with Crippen molar-refractivity contribution in [3.05, 3.63) is 40.9 Å². The molecule has 9 heteroatoms. The van der Waals surface area contributed by atoms with E-state index in [1.54, 1.807) is 4.57 Å². The first kappa shape index (κ1) is 15.1. The van der Waals surface area contributed by atoms with E-state index in [0.717, 1.165) is 5.56 Å². The molecule has 1 amide bonds. The Balaban J connectivity index is 1.73. The summed E-state index contributed by atoms with van der Waals surface area (Å²) < 4.78 is 2.29. The highest BCUT2D eigenvalue weighted by molar-refractivity contribution is 7.71. The van der Waals surface area contributed by atoms with Gasteiger partial charge in [0.25, 0.3) is 0 Å². The van der Waals surface area contributed by atoms with Gasteiger partial charge in [0.15, 0.2) is 10.6 Å². The third-order valence-corrected chi connectivity index (χ3v) is 3.62. The second-order valence-electron chi connectivity index (χ2n) is 5.00. The van der Waals surface area contributed by atoms with Crippen LogP contribution in [-0.2, 0) is 11.3 Å². The van der Waals surface area contributed by atoms with Crippen molar-refractivity contribution in [2.45, 2.75) is 19.9 Å². The van der Waals surface area contributed by atoms with Gasteiger partial charge < -0.3 is 0 Å². The number of hydrogen-bond acceptors (Lipinski definition) is 5. The first-order valence-corrected chi connectivity index (χ1v) is 7.42. The summed E-state index contributed by atoms with van der Waals surface area (Å²) in [6.45, 7) is 2.44. The average molecular weight is 329 g/mol. The Kier molecular flexibility index (Phi) is 4.29. The molecule has 3 N–H and O–H groups in total. The lowest BCUT2D eigenvalue weighted by molar-refractivity contribution is -0.116. The van der Waals surface area contributed by atoms with Crippen molar-refractivity contribution in [1.82, 2.24) is 29.9 Å². The second-order valence-corrected chi connectivity index (χ2v) is 5.39. The quantitative estimate of drug-likeness (QED) is 0.622. The smallest absolute Gasteiger partial charge is 0.228 e. The predicted octanol–water partition coefficient (Wildman–Crippen LogP) is 2.06. The molecule has 3 rings (SSSR count). The van der Waals surface area contributed by atoms with Crippen LogP contribution in [0.15, 0.2) is 30.6 Å². The summed E-state index contributed by atoms with van der Waals surface area (Å²) in [4.78, 5) is 15.8. The largest absolute Gasteiger partial charge is 0.300 e. The van der Waals surface area contributed by atoms with Gasteiger partial charge >= 0.3 is 0 Å². The van der Waals surface area contributed by atoms with Crippen LogP contribution in [0.4, 0.5) is 5.95 Å². The number of rotatable bonds is 5. The number of aromatic amines is 2. The highest BCUT2D eigenvalue weighted by Gasteiger charge is 2.11. The van der Waals surface area contributed by atoms with E-state index < -0.39 is 0 Å². The Bertz CT molecular complexity index is 848. The first-order chi connectivity index (χ1) is 11.1. The third kappa shape index (κ3) is 3.51. The van der Waals surface area contributed by atoms with Crippen LogP contribution in [0, 0.1) is 11.7 Å². The molecule has 0 aliphatic heterocycles. The van der Waals surface area contributed by atoms with Crippen molar-refractivity contribution in [3.8, 4) is 11.4 Å². The maximum atomic E-state index is 11.9. The second kappa shape index (κ2) is 6.53. The zero-order chi connectivity index (χ0) is 16.2. The van der Waals surface area contributed by atoms with Gasteiger partial charge in [0.2, 0.25) is 11.9 Å². The van der Waals surface area contributed by atoms with Crippen molar-refractivity contribution < 1.29 is 4.79 Å². The van der Waals surface area contributed by atoms with E-state index in [1.165, 1.54) is 11.9 Å². The van der Waals surface area contributed by atoms with Crippen LogP contribution in [0.25, 0.3) is 11.4 Å². The number of nitrogens with one attached hydrogen (secondary N) is 3. The minimum atomic E-state index is -0.181. The fourth-order valence-electron chi connectivity index (χ4n) is 2.12. The number of carbonyl (C=O) groups excluding carboxylic acids is 1. The standard InChI is InChI=1S/C14H15N7OS/c1-9-2-4-10(5-3-9)12-18-20-14(23)21(12)7-6-11(22)17-13-15-8-16-19-13/h2-5,8H,6-7H2,1H3,(H,20,23)(H2,15,16,17,19,22). The lowest BCUT2D eigenvalue weighted by atomic mass is 10.1. The lowest BCUT2D eigenvalue weighted by Gasteiger charge is -2.07. The van der Waals surface area contributed by atoms with E-state index in [9.17, 15) is 4.79 Å². The minimum absolute atomic E-state index is 0.181. The molecular formula is C14H15N7OS. The number of aromatic nitrogens is 6. The molecule has 0 radical (unpaired) electrons. The van der Waals surface area contributed by atoms with Gasteiger partial charge in [-0.2, -0.15) is 15.2 Å². The van der Waals surface area contributed by atoms with E-state index in [4.69, 9.17) is 12.2 Å². The van der Waals surface area contributed by atoms with Crippen molar-refractivity contribution in [3.63, 3.8) is 0 Å². The summed E-state index contributed by atoms with van der Waals surface area (Å²) in [5.41, 5.74) is 2.11. The molecule has 8 nitrogen and oxygen atoms in total. The summed E-state index contributed by atoms with van der Waals surface area (Å²) in [5, 5.41) is 15.9. The normalized spacial score (nSPS) is 10.7. The van der Waals surface area contributed by atoms with Gasteiger partial charge in [-0.1, -0.05) is 29.8 Å². The molecule has 2 aromatic heterocycles. The monoisotopic (exact) mass is 329 g/mol. The molecule has 23 heavy (non-hydrogen) atoms. The van der Waals surface area contributed by atoms with E-state index in [2.05, 4.69) is 30.7 Å². The van der Waals surface area contributed by atoms with Crippen LogP contribution in [0.3, 0.4) is 0 Å². The van der Waals surface area contributed by atoms with Gasteiger partial charge in [-0.3, -0.25) is 19.8 Å². The maximum absolute atomic E-state index is 11.9. The van der Waals surface area contributed by atoms with Crippen LogP contribution in [-0.4, -0.2) is 35.9 Å². The van der Waals surface area contributed by atoms with Gasteiger partial charge in [-0.05, 0) is 19.1 Å². The van der Waals surface area contributed by atoms with Crippen molar-refractivity contribution in [2.75, 3.05) is 5.32 Å². The molecule has 0 aliphatic rings.